The third-order valence-corrected chi connectivity index (χ3v) is 8.05. The number of nitrogens with zero attached hydrogens (tertiary/aromatic N) is 2. The van der Waals surface area contributed by atoms with Crippen LogP contribution in [-0.2, 0) is 22.7 Å². The van der Waals surface area contributed by atoms with E-state index in [0.29, 0.717) is 21.7 Å². The maximum Gasteiger partial charge on any atom is 0.243 e. The number of benzene rings is 2. The van der Waals surface area contributed by atoms with Crippen molar-refractivity contribution in [3.05, 3.63) is 71.8 Å². The first-order chi connectivity index (χ1) is 13.5. The summed E-state index contributed by atoms with van der Waals surface area (Å²) in [7, 11) is 0. The third kappa shape index (κ3) is 3.87. The highest BCUT2D eigenvalue weighted by Crippen LogP contribution is 2.40. The largest absolute Gasteiger partial charge is 0.292 e. The van der Waals surface area contributed by atoms with Crippen molar-refractivity contribution < 1.29 is 9.59 Å². The van der Waals surface area contributed by atoms with Crippen LogP contribution in [0.25, 0.3) is 0 Å². The topological polar surface area (TPSA) is 40.6 Å². The number of amides is 2. The average Bonchev–Trinajstić information content (AvgIpc) is 3.14. The molecule has 0 spiro atoms. The molecule has 0 aromatic heterocycles. The van der Waals surface area contributed by atoms with Crippen LogP contribution in [0, 0.1) is 0 Å². The summed E-state index contributed by atoms with van der Waals surface area (Å²) in [5, 5.41) is -1.07. The van der Waals surface area contributed by atoms with E-state index in [1.54, 1.807) is 9.80 Å². The molecule has 0 aliphatic carbocycles. The summed E-state index contributed by atoms with van der Waals surface area (Å²) in [5.41, 5.74) is 2.01. The fraction of sp³-hybridized carbons (Fsp3) is 0.200. The molecule has 2 fully saturated rings. The number of carbonyl (C=O) groups is 2. The number of carbonyl (C=O) groups excluding carboxylic acids is 2. The molecule has 2 aliphatic rings. The van der Waals surface area contributed by atoms with Crippen LogP contribution < -0.4 is 0 Å². The summed E-state index contributed by atoms with van der Waals surface area (Å²) >= 11 is 13.5. The van der Waals surface area contributed by atoms with Crippen molar-refractivity contribution in [2.75, 3.05) is 0 Å². The van der Waals surface area contributed by atoms with Crippen LogP contribution >= 0.6 is 48.0 Å². The van der Waals surface area contributed by atoms with Gasteiger partial charge < -0.3 is 0 Å². The van der Waals surface area contributed by atoms with Crippen LogP contribution in [0.3, 0.4) is 0 Å². The lowest BCUT2D eigenvalue weighted by Crippen LogP contribution is -2.40. The van der Waals surface area contributed by atoms with Gasteiger partial charge in [-0.15, -0.1) is 0 Å². The van der Waals surface area contributed by atoms with Crippen molar-refractivity contribution in [3.8, 4) is 0 Å². The van der Waals surface area contributed by atoms with Crippen molar-refractivity contribution >= 4 is 68.4 Å². The van der Waals surface area contributed by atoms with Crippen LogP contribution in [0.5, 0.6) is 0 Å². The molecule has 2 saturated heterocycles. The second kappa shape index (κ2) is 8.32. The number of rotatable bonds is 5. The molecule has 0 N–H and O–H groups in total. The highest BCUT2D eigenvalue weighted by molar-refractivity contribution is 8.27. The van der Waals surface area contributed by atoms with Gasteiger partial charge in [0, 0.05) is 0 Å². The maximum absolute atomic E-state index is 13.0. The van der Waals surface area contributed by atoms with Gasteiger partial charge in [0.1, 0.15) is 19.1 Å². The van der Waals surface area contributed by atoms with E-state index >= 15 is 0 Å². The second-order valence-corrected chi connectivity index (χ2v) is 9.98. The highest BCUT2D eigenvalue weighted by atomic mass is 32.2. The van der Waals surface area contributed by atoms with Gasteiger partial charge in [-0.3, -0.25) is 19.4 Å². The summed E-state index contributed by atoms with van der Waals surface area (Å²) in [4.78, 5) is 29.2. The standard InChI is InChI=1S/C20H16N2O2S4/c23-17-15(27-19(25)21(17)11-13-7-3-1-4-8-13)16-18(24)22(20(26)28-16)12-14-9-5-2-6-10-14/h1-10,15-16H,11-12H2. The normalized spacial score (nSPS) is 22.4. The van der Waals surface area contributed by atoms with Gasteiger partial charge in [0.05, 0.1) is 13.1 Å². The quantitative estimate of drug-likeness (QED) is 0.653. The van der Waals surface area contributed by atoms with Crippen molar-refractivity contribution in [2.24, 2.45) is 0 Å². The Balaban J connectivity index is 1.48. The van der Waals surface area contributed by atoms with E-state index in [2.05, 4.69) is 0 Å². The van der Waals surface area contributed by atoms with Crippen LogP contribution in [0.2, 0.25) is 0 Å². The molecule has 28 heavy (non-hydrogen) atoms. The number of thiocarbonyl (C=S) groups is 2. The van der Waals surface area contributed by atoms with E-state index in [1.807, 2.05) is 60.7 Å². The second-order valence-electron chi connectivity index (χ2n) is 6.43. The summed E-state index contributed by atoms with van der Waals surface area (Å²) in [6.07, 6.45) is 0. The Morgan fingerprint density at radius 3 is 1.39 bits per heavy atom. The SMILES string of the molecule is O=C1C(C2SC(=S)N(Cc3ccccc3)C2=O)SC(=S)N1Cc1ccccc1. The molecule has 142 valence electrons. The fourth-order valence-corrected chi connectivity index (χ4v) is 6.33. The Kier molecular flexibility index (Phi) is 5.82. The minimum atomic E-state index is -0.535. The molecule has 0 radical (unpaired) electrons. The molecule has 2 unspecified atom stereocenters. The number of hydrogen-bond acceptors (Lipinski definition) is 6. The Bertz CT molecular complexity index is 858. The van der Waals surface area contributed by atoms with Gasteiger partial charge in [0.2, 0.25) is 11.8 Å². The fourth-order valence-electron chi connectivity index (χ4n) is 3.13. The van der Waals surface area contributed by atoms with Crippen LogP contribution in [0.1, 0.15) is 11.1 Å². The van der Waals surface area contributed by atoms with E-state index in [1.165, 1.54) is 23.5 Å². The molecule has 2 heterocycles. The van der Waals surface area contributed by atoms with Crippen molar-refractivity contribution in [1.82, 2.24) is 9.80 Å². The van der Waals surface area contributed by atoms with Gasteiger partial charge in [0.15, 0.2) is 0 Å². The minimum Gasteiger partial charge on any atom is -0.292 e. The van der Waals surface area contributed by atoms with Crippen LogP contribution in [0.4, 0.5) is 0 Å². The molecule has 0 bridgehead atoms. The monoisotopic (exact) mass is 444 g/mol. The van der Waals surface area contributed by atoms with Crippen molar-refractivity contribution in [1.29, 1.82) is 0 Å². The van der Waals surface area contributed by atoms with Gasteiger partial charge in [0.25, 0.3) is 0 Å². The summed E-state index contributed by atoms with van der Waals surface area (Å²) in [6, 6.07) is 19.4. The first kappa shape index (κ1) is 19.6. The lowest BCUT2D eigenvalue weighted by Gasteiger charge is -2.18. The van der Waals surface area contributed by atoms with E-state index < -0.39 is 10.5 Å². The molecule has 2 amide bonds. The average molecular weight is 445 g/mol. The highest BCUT2D eigenvalue weighted by Gasteiger charge is 2.50. The van der Waals surface area contributed by atoms with Crippen molar-refractivity contribution in [2.45, 2.75) is 23.6 Å². The zero-order chi connectivity index (χ0) is 19.7. The first-order valence-corrected chi connectivity index (χ1v) is 11.2. The molecule has 0 saturated carbocycles. The van der Waals surface area contributed by atoms with E-state index in [4.69, 9.17) is 24.4 Å². The van der Waals surface area contributed by atoms with E-state index in [0.717, 1.165) is 11.1 Å². The number of thioether (sulfide) groups is 2. The van der Waals surface area contributed by atoms with Gasteiger partial charge in [-0.05, 0) is 11.1 Å². The Morgan fingerprint density at radius 1 is 0.679 bits per heavy atom. The summed E-state index contributed by atoms with van der Waals surface area (Å²) < 4.78 is 1.03. The summed E-state index contributed by atoms with van der Waals surface area (Å²) in [6.45, 7) is 0.845. The Morgan fingerprint density at radius 2 is 1.04 bits per heavy atom. The lowest BCUT2D eigenvalue weighted by atomic mass is 10.2. The lowest BCUT2D eigenvalue weighted by molar-refractivity contribution is -0.131. The Labute approximate surface area is 182 Å². The van der Waals surface area contributed by atoms with Crippen LogP contribution in [0.15, 0.2) is 60.7 Å². The molecule has 4 rings (SSSR count). The molecule has 2 aromatic rings. The predicted molar refractivity (Wildman–Crippen MR) is 122 cm³/mol. The molecular weight excluding hydrogens is 429 g/mol. The Hall–Kier alpha value is -1.74. The molecule has 2 aliphatic heterocycles. The maximum atomic E-state index is 13.0. The third-order valence-electron chi connectivity index (χ3n) is 4.56. The van der Waals surface area contributed by atoms with Crippen LogP contribution in [-0.4, -0.2) is 40.8 Å². The van der Waals surface area contributed by atoms with Gasteiger partial charge >= 0.3 is 0 Å². The van der Waals surface area contributed by atoms with Gasteiger partial charge in [-0.1, -0.05) is 109 Å². The molecule has 4 nitrogen and oxygen atoms in total. The first-order valence-electron chi connectivity index (χ1n) is 8.66. The summed E-state index contributed by atoms with van der Waals surface area (Å²) in [5.74, 6) is -0.233. The van der Waals surface area contributed by atoms with E-state index in [-0.39, 0.29) is 11.8 Å². The molecule has 2 aromatic carbocycles. The van der Waals surface area contributed by atoms with Gasteiger partial charge in [-0.2, -0.15) is 0 Å². The predicted octanol–water partition coefficient (Wildman–Crippen LogP) is 3.84. The molecular formula is C20H16N2O2S4. The zero-order valence-electron chi connectivity index (χ0n) is 14.7. The van der Waals surface area contributed by atoms with Crippen molar-refractivity contribution in [3.63, 3.8) is 0 Å². The molecule has 8 heteroatoms. The van der Waals surface area contributed by atoms with E-state index in [9.17, 15) is 9.59 Å². The number of hydrogen-bond donors (Lipinski definition) is 0. The molecule has 2 atom stereocenters. The smallest absolute Gasteiger partial charge is 0.243 e. The minimum absolute atomic E-state index is 0.117. The zero-order valence-corrected chi connectivity index (χ0v) is 18.0. The van der Waals surface area contributed by atoms with Gasteiger partial charge in [-0.25, -0.2) is 0 Å².